The summed E-state index contributed by atoms with van der Waals surface area (Å²) >= 11 is 6.13. The van der Waals surface area contributed by atoms with Gasteiger partial charge in [0.1, 0.15) is 11.0 Å². The van der Waals surface area contributed by atoms with Crippen LogP contribution in [0.25, 0.3) is 0 Å². The van der Waals surface area contributed by atoms with E-state index in [0.717, 1.165) is 24.4 Å². The van der Waals surface area contributed by atoms with Gasteiger partial charge in [-0.2, -0.15) is 0 Å². The van der Waals surface area contributed by atoms with Crippen LogP contribution in [0.4, 0.5) is 0 Å². The third kappa shape index (κ3) is 2.25. The summed E-state index contributed by atoms with van der Waals surface area (Å²) in [5, 5.41) is 0.546. The maximum absolute atomic E-state index is 6.13. The molecule has 1 heterocycles. The van der Waals surface area contributed by atoms with Crippen LogP contribution >= 0.6 is 11.6 Å². The minimum atomic E-state index is -0.0447. The summed E-state index contributed by atoms with van der Waals surface area (Å²) in [4.78, 5) is 9.19. The average Bonchev–Trinajstić information content (AvgIpc) is 2.89. The summed E-state index contributed by atoms with van der Waals surface area (Å²) in [7, 11) is 0. The van der Waals surface area contributed by atoms with Crippen molar-refractivity contribution in [3.63, 3.8) is 0 Å². The van der Waals surface area contributed by atoms with Gasteiger partial charge in [0.25, 0.3) is 0 Å². The molecule has 1 saturated carbocycles. The van der Waals surface area contributed by atoms with Gasteiger partial charge in [-0.15, -0.1) is 0 Å². The molecule has 1 aromatic carbocycles. The minimum absolute atomic E-state index is 0.0447. The van der Waals surface area contributed by atoms with E-state index >= 15 is 0 Å². The van der Waals surface area contributed by atoms with Crippen LogP contribution in [0.5, 0.6) is 0 Å². The first-order valence-electron chi connectivity index (χ1n) is 6.78. The van der Waals surface area contributed by atoms with Crippen LogP contribution in [0.15, 0.2) is 36.4 Å². The summed E-state index contributed by atoms with van der Waals surface area (Å²) in [6.45, 7) is 1.98. The molecule has 2 nitrogen and oxygen atoms in total. The summed E-state index contributed by atoms with van der Waals surface area (Å²) < 4.78 is 0. The van der Waals surface area contributed by atoms with Crippen molar-refractivity contribution < 1.29 is 0 Å². The van der Waals surface area contributed by atoms with E-state index in [2.05, 4.69) is 40.3 Å². The highest BCUT2D eigenvalue weighted by atomic mass is 35.5. The molecule has 0 aliphatic heterocycles. The quantitative estimate of drug-likeness (QED) is 0.762. The number of aryl methyl sites for hydroxylation is 1. The van der Waals surface area contributed by atoms with Crippen LogP contribution in [0, 0.1) is 6.92 Å². The second-order valence-electron chi connectivity index (χ2n) is 5.31. The monoisotopic (exact) mass is 272 g/mol. The van der Waals surface area contributed by atoms with Crippen molar-refractivity contribution in [3.05, 3.63) is 58.6 Å². The van der Waals surface area contributed by atoms with Crippen LogP contribution < -0.4 is 0 Å². The largest absolute Gasteiger partial charge is 0.237 e. The maximum Gasteiger partial charge on any atom is 0.140 e. The first-order valence-corrected chi connectivity index (χ1v) is 7.16. The van der Waals surface area contributed by atoms with E-state index in [1.54, 1.807) is 0 Å². The Morgan fingerprint density at radius 1 is 1.05 bits per heavy atom. The first-order chi connectivity index (χ1) is 9.21. The Hall–Kier alpha value is -1.41. The lowest BCUT2D eigenvalue weighted by Crippen LogP contribution is -2.27. The summed E-state index contributed by atoms with van der Waals surface area (Å²) in [5.41, 5.74) is 2.21. The highest BCUT2D eigenvalue weighted by Crippen LogP contribution is 2.45. The third-order valence-corrected chi connectivity index (χ3v) is 4.23. The number of hydrogen-bond donors (Lipinski definition) is 0. The van der Waals surface area contributed by atoms with Gasteiger partial charge in [0.2, 0.25) is 0 Å². The molecule has 98 valence electrons. The normalized spacial score (nSPS) is 17.6. The number of aromatic nitrogens is 2. The number of rotatable bonds is 2. The fourth-order valence-corrected chi connectivity index (χ4v) is 3.36. The van der Waals surface area contributed by atoms with Crippen LogP contribution in [-0.4, -0.2) is 9.97 Å². The SMILES string of the molecule is Cc1cc(Cl)nc(C2(c3ccccc3)CCCC2)n1. The molecule has 0 radical (unpaired) electrons. The Morgan fingerprint density at radius 2 is 1.74 bits per heavy atom. The lowest BCUT2D eigenvalue weighted by Gasteiger charge is -2.28. The van der Waals surface area contributed by atoms with Gasteiger partial charge in [-0.1, -0.05) is 54.8 Å². The van der Waals surface area contributed by atoms with Crippen LogP contribution in [0.1, 0.15) is 42.8 Å². The lowest BCUT2D eigenvalue weighted by molar-refractivity contribution is 0.497. The van der Waals surface area contributed by atoms with Gasteiger partial charge >= 0.3 is 0 Å². The molecule has 1 aliphatic rings. The summed E-state index contributed by atoms with van der Waals surface area (Å²) in [5.74, 6) is 0.890. The number of halogens is 1. The van der Waals surface area contributed by atoms with Crippen LogP contribution in [0.3, 0.4) is 0 Å². The molecule has 1 aromatic heterocycles. The molecule has 2 aromatic rings. The Balaban J connectivity index is 2.16. The van der Waals surface area contributed by atoms with E-state index in [9.17, 15) is 0 Å². The summed E-state index contributed by atoms with van der Waals surface area (Å²) in [6.07, 6.45) is 4.67. The number of hydrogen-bond acceptors (Lipinski definition) is 2. The van der Waals surface area contributed by atoms with Gasteiger partial charge in [-0.05, 0) is 31.4 Å². The molecular weight excluding hydrogens is 256 g/mol. The van der Waals surface area contributed by atoms with E-state index in [1.807, 2.05) is 13.0 Å². The van der Waals surface area contributed by atoms with Gasteiger partial charge in [0.15, 0.2) is 0 Å². The molecule has 1 fully saturated rings. The Bertz CT molecular complexity index is 554. The molecule has 0 atom stereocenters. The second-order valence-corrected chi connectivity index (χ2v) is 5.70. The summed E-state index contributed by atoms with van der Waals surface area (Å²) in [6, 6.07) is 12.4. The van der Waals surface area contributed by atoms with Gasteiger partial charge < -0.3 is 0 Å². The topological polar surface area (TPSA) is 25.8 Å². The van der Waals surface area contributed by atoms with E-state index in [1.165, 1.54) is 18.4 Å². The van der Waals surface area contributed by atoms with Crippen molar-refractivity contribution in [1.82, 2.24) is 9.97 Å². The Labute approximate surface area is 118 Å². The van der Waals surface area contributed by atoms with E-state index in [4.69, 9.17) is 11.6 Å². The minimum Gasteiger partial charge on any atom is -0.237 e. The van der Waals surface area contributed by atoms with Crippen molar-refractivity contribution in [1.29, 1.82) is 0 Å². The molecule has 0 bridgehead atoms. The van der Waals surface area contributed by atoms with E-state index in [-0.39, 0.29) is 5.41 Å². The molecule has 3 heteroatoms. The zero-order valence-electron chi connectivity index (χ0n) is 11.1. The van der Waals surface area contributed by atoms with Gasteiger partial charge in [0, 0.05) is 5.69 Å². The first kappa shape index (κ1) is 12.6. The van der Waals surface area contributed by atoms with Crippen molar-refractivity contribution in [2.45, 2.75) is 38.0 Å². The molecule has 19 heavy (non-hydrogen) atoms. The van der Waals surface area contributed by atoms with Crippen molar-refractivity contribution >= 4 is 11.6 Å². The smallest absolute Gasteiger partial charge is 0.140 e. The van der Waals surface area contributed by atoms with Crippen molar-refractivity contribution in [3.8, 4) is 0 Å². The van der Waals surface area contributed by atoms with E-state index < -0.39 is 0 Å². The zero-order valence-corrected chi connectivity index (χ0v) is 11.8. The number of nitrogens with zero attached hydrogens (tertiary/aromatic N) is 2. The third-order valence-electron chi connectivity index (χ3n) is 4.03. The molecular formula is C16H17ClN2. The van der Waals surface area contributed by atoms with Gasteiger partial charge in [-0.3, -0.25) is 0 Å². The fraction of sp³-hybridized carbons (Fsp3) is 0.375. The standard InChI is InChI=1S/C16H17ClN2/c1-12-11-14(17)19-15(18-12)16(9-5-6-10-16)13-7-3-2-4-8-13/h2-4,7-8,11H,5-6,9-10H2,1H3. The maximum atomic E-state index is 6.13. The molecule has 0 N–H and O–H groups in total. The van der Waals surface area contributed by atoms with Crippen LogP contribution in [-0.2, 0) is 5.41 Å². The zero-order chi connectivity index (χ0) is 13.3. The van der Waals surface area contributed by atoms with Crippen LogP contribution in [0.2, 0.25) is 5.15 Å². The lowest BCUT2D eigenvalue weighted by atomic mass is 9.78. The molecule has 3 rings (SSSR count). The Morgan fingerprint density at radius 3 is 2.37 bits per heavy atom. The predicted octanol–water partition coefficient (Wildman–Crippen LogP) is 4.30. The molecule has 0 unspecified atom stereocenters. The van der Waals surface area contributed by atoms with Crippen molar-refractivity contribution in [2.75, 3.05) is 0 Å². The molecule has 1 aliphatic carbocycles. The molecule has 0 amide bonds. The Kier molecular flexibility index (Phi) is 3.28. The highest BCUT2D eigenvalue weighted by Gasteiger charge is 2.40. The average molecular weight is 273 g/mol. The second kappa shape index (κ2) is 4.93. The molecule has 0 spiro atoms. The highest BCUT2D eigenvalue weighted by molar-refractivity contribution is 6.29. The predicted molar refractivity (Wildman–Crippen MR) is 77.5 cm³/mol. The van der Waals surface area contributed by atoms with E-state index in [0.29, 0.717) is 5.15 Å². The fourth-order valence-electron chi connectivity index (χ4n) is 3.12. The number of benzene rings is 1. The van der Waals surface area contributed by atoms with Gasteiger partial charge in [-0.25, -0.2) is 9.97 Å². The van der Waals surface area contributed by atoms with Gasteiger partial charge in [0.05, 0.1) is 5.41 Å². The van der Waals surface area contributed by atoms with Crippen molar-refractivity contribution in [2.24, 2.45) is 0 Å². The molecule has 0 saturated heterocycles.